The van der Waals surface area contributed by atoms with Gasteiger partial charge < -0.3 is 29.8 Å². The second-order valence-corrected chi connectivity index (χ2v) is 23.5. The lowest BCUT2D eigenvalue weighted by Crippen LogP contribution is -2.43. The number of rotatable bonds is 16. The van der Waals surface area contributed by atoms with Gasteiger partial charge in [0.05, 0.1) is 11.6 Å². The van der Waals surface area contributed by atoms with E-state index >= 15 is 0 Å². The smallest absolute Gasteiger partial charge is 0.248 e. The number of fused-ring (bicyclic) bond motifs is 1. The Bertz CT molecular complexity index is 2200. The van der Waals surface area contributed by atoms with Gasteiger partial charge in [0.2, 0.25) is 5.56 Å². The van der Waals surface area contributed by atoms with Crippen LogP contribution in [0.5, 0.6) is 11.5 Å². The number of aromatic amines is 1. The number of para-hydroxylation sites is 1. The van der Waals surface area contributed by atoms with Crippen molar-refractivity contribution < 1.29 is 14.6 Å². The predicted octanol–water partition coefficient (Wildman–Crippen LogP) is 9.02. The molecule has 59 heavy (non-hydrogen) atoms. The summed E-state index contributed by atoms with van der Waals surface area (Å²) in [6.07, 6.45) is 12.6. The summed E-state index contributed by atoms with van der Waals surface area (Å²) in [6.45, 7) is 16.9. The number of likely N-dealkylation sites (tertiary alicyclic amines) is 1. The minimum Gasteiger partial charge on any atom is -0.507 e. The number of aromatic hydroxyl groups is 2. The first-order valence-electron chi connectivity index (χ1n) is 22.1. The minimum absolute atomic E-state index is 0.0309. The van der Waals surface area contributed by atoms with E-state index in [4.69, 9.17) is 9.52 Å². The molecule has 1 atom stereocenters. The first-order chi connectivity index (χ1) is 28.3. The molecule has 3 aromatic carbocycles. The zero-order valence-electron chi connectivity index (χ0n) is 36.0. The summed E-state index contributed by atoms with van der Waals surface area (Å²) in [4.78, 5) is 22.1. The van der Waals surface area contributed by atoms with Crippen LogP contribution < -0.4 is 10.9 Å². The lowest BCUT2D eigenvalue weighted by molar-refractivity contribution is 0.172. The van der Waals surface area contributed by atoms with Crippen LogP contribution in [0.3, 0.4) is 0 Å². The molecule has 1 aliphatic carbocycles. The second-order valence-electron chi connectivity index (χ2n) is 18.7. The fourth-order valence-corrected chi connectivity index (χ4v) is 10.0. The molecule has 0 radical (unpaired) electrons. The monoisotopic (exact) mass is 818 g/mol. The van der Waals surface area contributed by atoms with E-state index < -0.39 is 8.32 Å². The van der Waals surface area contributed by atoms with Crippen molar-refractivity contribution in [3.63, 3.8) is 0 Å². The summed E-state index contributed by atoms with van der Waals surface area (Å²) in [5.41, 5.74) is 5.88. The quantitative estimate of drug-likeness (QED) is 0.0574. The Hall–Kier alpha value is -4.29. The van der Waals surface area contributed by atoms with Gasteiger partial charge in [-0.3, -0.25) is 9.48 Å². The fourth-order valence-electron chi connectivity index (χ4n) is 8.74. The Morgan fingerprint density at radius 2 is 1.64 bits per heavy atom. The van der Waals surface area contributed by atoms with Crippen LogP contribution >= 0.6 is 0 Å². The number of hydrogen-bond donors (Lipinski definition) is 4. The van der Waals surface area contributed by atoms with Gasteiger partial charge in [-0.15, -0.1) is 0 Å². The molecule has 0 unspecified atom stereocenters. The SMILES string of the molecule is CC(C)(C)[Si](C)(C)O[C@@H](CNCCc1ccc(CCN2CCC(Cn3cnc(Cc4cccc(C5CCCCC5)c4O)n3)CC2)cc1)c1ccc(O)c2[nH]c(=O)ccc12. The van der Waals surface area contributed by atoms with E-state index in [9.17, 15) is 15.0 Å². The zero-order chi connectivity index (χ0) is 41.6. The number of benzene rings is 3. The highest BCUT2D eigenvalue weighted by Crippen LogP contribution is 2.42. The molecule has 0 spiro atoms. The van der Waals surface area contributed by atoms with Crippen LogP contribution in [0.25, 0.3) is 10.9 Å². The summed E-state index contributed by atoms with van der Waals surface area (Å²) in [5, 5.41) is 30.9. The van der Waals surface area contributed by atoms with Crippen LogP contribution in [-0.4, -0.2) is 75.9 Å². The van der Waals surface area contributed by atoms with Crippen LogP contribution in [-0.2, 0) is 30.2 Å². The highest BCUT2D eigenvalue weighted by molar-refractivity contribution is 6.74. The van der Waals surface area contributed by atoms with Crippen molar-refractivity contribution in [3.8, 4) is 11.5 Å². The third-order valence-corrected chi connectivity index (χ3v) is 17.9. The molecule has 2 fully saturated rings. The van der Waals surface area contributed by atoms with Crippen molar-refractivity contribution in [2.24, 2.45) is 5.92 Å². The van der Waals surface area contributed by atoms with Gasteiger partial charge in [-0.05, 0) is 123 Å². The summed E-state index contributed by atoms with van der Waals surface area (Å²) in [5.74, 6) is 2.35. The van der Waals surface area contributed by atoms with Crippen LogP contribution in [0.2, 0.25) is 18.1 Å². The molecule has 2 aliphatic rings. The highest BCUT2D eigenvalue weighted by Gasteiger charge is 2.39. The summed E-state index contributed by atoms with van der Waals surface area (Å²) in [6, 6.07) is 22.2. The first-order valence-corrected chi connectivity index (χ1v) is 25.0. The van der Waals surface area contributed by atoms with Crippen molar-refractivity contribution in [1.29, 1.82) is 0 Å². The zero-order valence-corrected chi connectivity index (χ0v) is 37.0. The Labute approximate surface area is 351 Å². The number of H-pyrrole nitrogens is 1. The number of hydrogen-bond acceptors (Lipinski definition) is 8. The van der Waals surface area contributed by atoms with Crippen molar-refractivity contribution in [1.82, 2.24) is 30.0 Å². The van der Waals surface area contributed by atoms with Gasteiger partial charge >= 0.3 is 0 Å². The summed E-state index contributed by atoms with van der Waals surface area (Å²) >= 11 is 0. The van der Waals surface area contributed by atoms with Crippen molar-refractivity contribution in [3.05, 3.63) is 117 Å². The van der Waals surface area contributed by atoms with Crippen molar-refractivity contribution in [2.45, 2.75) is 122 Å². The van der Waals surface area contributed by atoms with Gasteiger partial charge in [-0.2, -0.15) is 5.10 Å². The van der Waals surface area contributed by atoms with E-state index in [1.165, 1.54) is 49.3 Å². The van der Waals surface area contributed by atoms with Gasteiger partial charge in [-0.25, -0.2) is 4.98 Å². The standard InChI is InChI=1S/C48H66N6O4Si/c1-48(2,3)59(4,5)58-43(40-18-20-42(55)46-41(40)19-21-45(56)51-46)31-49-26-22-34-14-16-35(17-15-34)23-27-53-28-24-36(25-29-53)32-54-33-50-44(52-54)30-38-12-9-13-39(47(38)57)37-10-7-6-8-11-37/h9,12-21,33,36-37,43,49,55,57H,6-8,10-11,22-32H2,1-5H3,(H,51,56)/t43-/m0/s1. The maximum Gasteiger partial charge on any atom is 0.248 e. The van der Waals surface area contributed by atoms with Crippen molar-refractivity contribution >= 4 is 19.2 Å². The van der Waals surface area contributed by atoms with Crippen LogP contribution in [0.15, 0.2) is 77.9 Å². The molecule has 2 aromatic heterocycles. The van der Waals surface area contributed by atoms with Crippen LogP contribution in [0.1, 0.15) is 111 Å². The molecule has 1 saturated heterocycles. The van der Waals surface area contributed by atoms with E-state index in [1.54, 1.807) is 12.1 Å². The van der Waals surface area contributed by atoms with Gasteiger partial charge in [0.25, 0.3) is 0 Å². The average Bonchev–Trinajstić information content (AvgIpc) is 3.66. The van der Waals surface area contributed by atoms with Gasteiger partial charge in [0, 0.05) is 43.1 Å². The number of nitrogens with one attached hydrogen (secondary N) is 2. The van der Waals surface area contributed by atoms with E-state index in [1.807, 2.05) is 23.1 Å². The highest BCUT2D eigenvalue weighted by atomic mass is 28.4. The molecule has 10 nitrogen and oxygen atoms in total. The Morgan fingerprint density at radius 3 is 2.37 bits per heavy atom. The average molecular weight is 819 g/mol. The molecule has 1 saturated carbocycles. The second kappa shape index (κ2) is 19.0. The Balaban J connectivity index is 0.845. The minimum atomic E-state index is -2.14. The van der Waals surface area contributed by atoms with E-state index in [0.29, 0.717) is 36.1 Å². The number of nitrogens with zero attached hydrogens (tertiary/aromatic N) is 4. The van der Waals surface area contributed by atoms with Crippen LogP contribution in [0.4, 0.5) is 0 Å². The lowest BCUT2D eigenvalue weighted by Gasteiger charge is -2.39. The maximum atomic E-state index is 12.1. The third-order valence-electron chi connectivity index (χ3n) is 13.4. The van der Waals surface area contributed by atoms with Crippen LogP contribution in [0, 0.1) is 5.92 Å². The number of pyridine rings is 1. The summed E-state index contributed by atoms with van der Waals surface area (Å²) in [7, 11) is -2.14. The molecule has 0 bridgehead atoms. The molecular weight excluding hydrogens is 753 g/mol. The largest absolute Gasteiger partial charge is 0.507 e. The third kappa shape index (κ3) is 10.9. The van der Waals surface area contributed by atoms with E-state index in [0.717, 1.165) is 86.3 Å². The Kier molecular flexibility index (Phi) is 13.8. The molecule has 5 aromatic rings. The molecule has 7 rings (SSSR count). The predicted molar refractivity (Wildman–Crippen MR) is 240 cm³/mol. The first kappa shape index (κ1) is 42.8. The Morgan fingerprint density at radius 1 is 0.915 bits per heavy atom. The maximum absolute atomic E-state index is 12.1. The summed E-state index contributed by atoms with van der Waals surface area (Å²) < 4.78 is 8.98. The van der Waals surface area contributed by atoms with Gasteiger partial charge in [-0.1, -0.05) is 88.6 Å². The molecular formula is C48H66N6O4Si. The number of aromatic nitrogens is 4. The van der Waals surface area contributed by atoms with Gasteiger partial charge in [0.15, 0.2) is 14.1 Å². The normalized spacial score (nSPS) is 16.8. The van der Waals surface area contributed by atoms with Crippen molar-refractivity contribution in [2.75, 3.05) is 32.7 Å². The molecule has 316 valence electrons. The van der Waals surface area contributed by atoms with E-state index in [2.05, 4.69) is 90.4 Å². The lowest BCUT2D eigenvalue weighted by atomic mass is 9.83. The topological polar surface area (TPSA) is 129 Å². The molecule has 11 heteroatoms. The molecule has 1 aliphatic heterocycles. The van der Waals surface area contributed by atoms with Gasteiger partial charge in [0.1, 0.15) is 17.8 Å². The molecule has 0 amide bonds. The van der Waals surface area contributed by atoms with E-state index in [-0.39, 0.29) is 22.5 Å². The fraction of sp³-hybridized carbons (Fsp3) is 0.521. The number of piperidine rings is 1. The molecule has 4 N–H and O–H groups in total. The number of phenolic OH excluding ortho intramolecular Hbond substituents is 2. The molecule has 3 heterocycles. The number of phenols is 2.